The van der Waals surface area contributed by atoms with Gasteiger partial charge in [0, 0.05) is 22.1 Å². The minimum atomic E-state index is 0.869. The van der Waals surface area contributed by atoms with Gasteiger partial charge in [-0.25, -0.2) is 0 Å². The Bertz CT molecular complexity index is 3220. The molecule has 1 aromatic heterocycles. The quantitative estimate of drug-likeness (QED) is 0.168. The maximum Gasteiger partial charge on any atom is 0.143 e. The lowest BCUT2D eigenvalue weighted by molar-refractivity contribution is 0.672. The molecule has 2 nitrogen and oxygen atoms in total. The summed E-state index contributed by atoms with van der Waals surface area (Å²) in [5, 5.41) is 12.0. The lowest BCUT2D eigenvalue weighted by Crippen LogP contribution is -2.10. The molecule has 11 aromatic rings. The molecule has 252 valence electrons. The van der Waals surface area contributed by atoms with Crippen LogP contribution in [0.2, 0.25) is 0 Å². The molecule has 0 unspecified atom stereocenters. The third kappa shape index (κ3) is 4.81. The summed E-state index contributed by atoms with van der Waals surface area (Å²) in [6, 6.07) is 72.3. The largest absolute Gasteiger partial charge is 0.455 e. The molecule has 0 fully saturated rings. The molecule has 0 spiro atoms. The molecule has 0 bridgehead atoms. The topological polar surface area (TPSA) is 16.4 Å². The van der Waals surface area contributed by atoms with Crippen LogP contribution in [0.25, 0.3) is 87.3 Å². The van der Waals surface area contributed by atoms with Crippen LogP contribution >= 0.6 is 0 Å². The van der Waals surface area contributed by atoms with Crippen molar-refractivity contribution >= 4 is 82.1 Å². The molecule has 1 heterocycles. The second-order valence-electron chi connectivity index (χ2n) is 14.1. The second-order valence-corrected chi connectivity index (χ2v) is 14.1. The first-order valence-corrected chi connectivity index (χ1v) is 18.5. The van der Waals surface area contributed by atoms with E-state index in [1.54, 1.807) is 0 Å². The van der Waals surface area contributed by atoms with Crippen LogP contribution in [0, 0.1) is 0 Å². The Morgan fingerprint density at radius 2 is 0.981 bits per heavy atom. The SMILES string of the molecule is c1cc(-c2cccc3ccccc23)cc(N(c2ccc(-c3cc4ccccc4c4ccccc34)cc2)c2cccc3oc4c5ccccc5ccc4c23)c1. The zero-order valence-corrected chi connectivity index (χ0v) is 29.4. The number of nitrogens with zero attached hydrogens (tertiary/aromatic N) is 1. The van der Waals surface area contributed by atoms with Crippen molar-refractivity contribution in [1.29, 1.82) is 0 Å². The summed E-state index contributed by atoms with van der Waals surface area (Å²) in [4.78, 5) is 2.39. The van der Waals surface area contributed by atoms with Crippen LogP contribution in [0.4, 0.5) is 17.1 Å². The van der Waals surface area contributed by atoms with E-state index in [1.165, 1.54) is 60.0 Å². The number of fused-ring (bicyclic) bond motifs is 9. The molecule has 11 rings (SSSR count). The number of benzene rings is 10. The highest BCUT2D eigenvalue weighted by atomic mass is 16.3. The molecule has 0 aliphatic carbocycles. The average Bonchev–Trinajstić information content (AvgIpc) is 3.64. The number of anilines is 3. The minimum Gasteiger partial charge on any atom is -0.455 e. The third-order valence-corrected chi connectivity index (χ3v) is 11.0. The molecule has 0 N–H and O–H groups in total. The van der Waals surface area contributed by atoms with Crippen LogP contribution in [-0.4, -0.2) is 0 Å². The van der Waals surface area contributed by atoms with Gasteiger partial charge in [0.25, 0.3) is 0 Å². The maximum absolute atomic E-state index is 6.70. The number of hydrogen-bond donors (Lipinski definition) is 0. The lowest BCUT2D eigenvalue weighted by Gasteiger charge is -2.27. The molecule has 0 aliphatic heterocycles. The van der Waals surface area contributed by atoms with Crippen LogP contribution in [0.1, 0.15) is 0 Å². The molecular weight excluding hydrogens is 655 g/mol. The zero-order valence-electron chi connectivity index (χ0n) is 29.4. The van der Waals surface area contributed by atoms with Gasteiger partial charge in [0.05, 0.1) is 11.1 Å². The van der Waals surface area contributed by atoms with Gasteiger partial charge in [-0.1, -0.05) is 152 Å². The van der Waals surface area contributed by atoms with Crippen molar-refractivity contribution in [2.24, 2.45) is 0 Å². The van der Waals surface area contributed by atoms with E-state index in [0.717, 1.165) is 44.4 Å². The Balaban J connectivity index is 1.13. The number of hydrogen-bond acceptors (Lipinski definition) is 2. The third-order valence-electron chi connectivity index (χ3n) is 11.0. The molecule has 0 radical (unpaired) electrons. The predicted molar refractivity (Wildman–Crippen MR) is 229 cm³/mol. The summed E-state index contributed by atoms with van der Waals surface area (Å²) >= 11 is 0. The Morgan fingerprint density at radius 1 is 0.333 bits per heavy atom. The van der Waals surface area contributed by atoms with Crippen LogP contribution in [-0.2, 0) is 0 Å². The Labute approximate surface area is 312 Å². The molecule has 10 aromatic carbocycles. The summed E-state index contributed by atoms with van der Waals surface area (Å²) in [7, 11) is 0. The highest BCUT2D eigenvalue weighted by Gasteiger charge is 2.21. The van der Waals surface area contributed by atoms with Crippen LogP contribution < -0.4 is 4.90 Å². The second kappa shape index (κ2) is 12.2. The average molecular weight is 688 g/mol. The van der Waals surface area contributed by atoms with E-state index in [4.69, 9.17) is 4.42 Å². The monoisotopic (exact) mass is 687 g/mol. The van der Waals surface area contributed by atoms with E-state index in [0.29, 0.717) is 0 Å². The van der Waals surface area contributed by atoms with Gasteiger partial charge in [-0.3, -0.25) is 0 Å². The summed E-state index contributed by atoms with van der Waals surface area (Å²) in [5.74, 6) is 0. The molecule has 0 atom stereocenters. The van der Waals surface area contributed by atoms with Gasteiger partial charge >= 0.3 is 0 Å². The summed E-state index contributed by atoms with van der Waals surface area (Å²) in [6.07, 6.45) is 0. The van der Waals surface area contributed by atoms with Gasteiger partial charge in [0.2, 0.25) is 0 Å². The van der Waals surface area contributed by atoms with E-state index in [2.05, 4.69) is 205 Å². The normalized spacial score (nSPS) is 11.7. The first kappa shape index (κ1) is 30.5. The molecule has 54 heavy (non-hydrogen) atoms. The van der Waals surface area contributed by atoms with E-state index in [9.17, 15) is 0 Å². The summed E-state index contributed by atoms with van der Waals surface area (Å²) < 4.78 is 6.70. The molecule has 0 saturated carbocycles. The van der Waals surface area contributed by atoms with Crippen molar-refractivity contribution in [3.05, 3.63) is 200 Å². The van der Waals surface area contributed by atoms with E-state index in [1.807, 2.05) is 0 Å². The van der Waals surface area contributed by atoms with E-state index in [-0.39, 0.29) is 0 Å². The molecule has 2 heteroatoms. The fourth-order valence-electron chi connectivity index (χ4n) is 8.52. The maximum atomic E-state index is 6.70. The van der Waals surface area contributed by atoms with Crippen LogP contribution in [0.15, 0.2) is 205 Å². The van der Waals surface area contributed by atoms with Crippen LogP contribution in [0.5, 0.6) is 0 Å². The number of rotatable bonds is 5. The number of furan rings is 1. The van der Waals surface area contributed by atoms with E-state index < -0.39 is 0 Å². The molecular formula is C52H33NO. The molecule has 0 amide bonds. The minimum absolute atomic E-state index is 0.869. The van der Waals surface area contributed by atoms with Crippen molar-refractivity contribution in [3.8, 4) is 22.3 Å². The van der Waals surface area contributed by atoms with Gasteiger partial charge in [-0.05, 0) is 108 Å². The first-order valence-electron chi connectivity index (χ1n) is 18.5. The fraction of sp³-hybridized carbons (Fsp3) is 0. The van der Waals surface area contributed by atoms with E-state index >= 15 is 0 Å². The van der Waals surface area contributed by atoms with Crippen molar-refractivity contribution in [1.82, 2.24) is 0 Å². The zero-order chi connectivity index (χ0) is 35.6. The standard InChI is InChI=1S/C52H33NO/c1-4-18-41-34(12-1)15-10-23-42(41)37-16-9-17-40(32-37)53(49-24-11-25-50-51(49)47-31-28-35-13-2-6-20-44(35)52(47)54-50)39-29-26-36(27-30-39)48-33-38-14-3-5-19-43(38)45-21-7-8-22-46(45)48/h1-33H. The van der Waals surface area contributed by atoms with Gasteiger partial charge in [-0.2, -0.15) is 0 Å². The Hall–Kier alpha value is -7.16. The predicted octanol–water partition coefficient (Wildman–Crippen LogP) is 15.0. The summed E-state index contributed by atoms with van der Waals surface area (Å²) in [6.45, 7) is 0. The van der Waals surface area contributed by atoms with Crippen molar-refractivity contribution in [3.63, 3.8) is 0 Å². The molecule has 0 saturated heterocycles. The first-order chi connectivity index (χ1) is 26.8. The van der Waals surface area contributed by atoms with Gasteiger partial charge in [-0.15, -0.1) is 0 Å². The molecule has 0 aliphatic rings. The van der Waals surface area contributed by atoms with Crippen LogP contribution in [0.3, 0.4) is 0 Å². The highest BCUT2D eigenvalue weighted by molar-refractivity contribution is 6.20. The van der Waals surface area contributed by atoms with Crippen molar-refractivity contribution in [2.45, 2.75) is 0 Å². The van der Waals surface area contributed by atoms with Crippen molar-refractivity contribution in [2.75, 3.05) is 4.90 Å². The smallest absolute Gasteiger partial charge is 0.143 e. The Morgan fingerprint density at radius 3 is 1.81 bits per heavy atom. The van der Waals surface area contributed by atoms with Gasteiger partial charge in [0.1, 0.15) is 11.2 Å². The highest BCUT2D eigenvalue weighted by Crippen LogP contribution is 2.46. The lowest BCUT2D eigenvalue weighted by atomic mass is 9.93. The van der Waals surface area contributed by atoms with Gasteiger partial charge in [0.15, 0.2) is 0 Å². The fourth-order valence-corrected chi connectivity index (χ4v) is 8.52. The van der Waals surface area contributed by atoms with Crippen molar-refractivity contribution < 1.29 is 4.42 Å². The summed E-state index contributed by atoms with van der Waals surface area (Å²) in [5.41, 5.74) is 9.80. The van der Waals surface area contributed by atoms with Gasteiger partial charge < -0.3 is 9.32 Å². The Kier molecular flexibility index (Phi) is 6.90.